The molecule has 0 unspecified atom stereocenters. The quantitative estimate of drug-likeness (QED) is 0.901. The molecule has 4 heteroatoms. The first-order valence-corrected chi connectivity index (χ1v) is 9.76. The number of ketones is 1. The predicted molar refractivity (Wildman–Crippen MR) is 101 cm³/mol. The van der Waals surface area contributed by atoms with Gasteiger partial charge < -0.3 is 10.1 Å². The molecule has 2 saturated carbocycles. The average molecular weight is 361 g/mol. The van der Waals surface area contributed by atoms with Gasteiger partial charge in [-0.05, 0) is 43.4 Å². The summed E-state index contributed by atoms with van der Waals surface area (Å²) in [6.07, 6.45) is 2.21. The van der Waals surface area contributed by atoms with Crippen molar-refractivity contribution in [2.24, 2.45) is 17.8 Å². The van der Waals surface area contributed by atoms with E-state index in [1.807, 2.05) is 61.5 Å². The molecule has 5 rings (SSSR count). The molecule has 27 heavy (non-hydrogen) atoms. The molecule has 0 aromatic heterocycles. The molecule has 0 saturated heterocycles. The van der Waals surface area contributed by atoms with Crippen molar-refractivity contribution in [2.45, 2.75) is 37.8 Å². The zero-order chi connectivity index (χ0) is 18.6. The van der Waals surface area contributed by atoms with Gasteiger partial charge in [0, 0.05) is 11.8 Å². The van der Waals surface area contributed by atoms with E-state index in [1.165, 1.54) is 0 Å². The fourth-order valence-corrected chi connectivity index (χ4v) is 5.25. The van der Waals surface area contributed by atoms with Crippen molar-refractivity contribution in [3.63, 3.8) is 0 Å². The Hall–Kier alpha value is -2.62. The maximum absolute atomic E-state index is 12.9. The highest BCUT2D eigenvalue weighted by Gasteiger charge is 2.70. The van der Waals surface area contributed by atoms with Crippen molar-refractivity contribution in [3.8, 4) is 5.75 Å². The van der Waals surface area contributed by atoms with Gasteiger partial charge in [0.1, 0.15) is 11.4 Å². The largest absolute Gasteiger partial charge is 0.486 e. The first-order chi connectivity index (χ1) is 13.1. The van der Waals surface area contributed by atoms with Gasteiger partial charge in [0.2, 0.25) is 5.91 Å². The number of amides is 1. The monoisotopic (exact) mass is 361 g/mol. The SMILES string of the molecule is C[C@H](NC(=O)[C@@H]1[C@@H]2CC[C@]3(CC(=O)c4ccccc4O3)[C@@H]21)c1ccccc1. The fraction of sp³-hybridized carbons (Fsp3) is 0.391. The Morgan fingerprint density at radius 2 is 1.89 bits per heavy atom. The van der Waals surface area contributed by atoms with Crippen LogP contribution in [0.4, 0.5) is 0 Å². The first kappa shape index (κ1) is 16.5. The maximum Gasteiger partial charge on any atom is 0.224 e. The molecule has 1 N–H and O–H groups in total. The van der Waals surface area contributed by atoms with Crippen LogP contribution in [0.3, 0.4) is 0 Å². The van der Waals surface area contributed by atoms with Crippen LogP contribution < -0.4 is 10.1 Å². The molecule has 2 aromatic rings. The van der Waals surface area contributed by atoms with Gasteiger partial charge in [0.05, 0.1) is 18.0 Å². The Kier molecular flexibility index (Phi) is 3.64. The van der Waals surface area contributed by atoms with E-state index in [-0.39, 0.29) is 29.6 Å². The summed E-state index contributed by atoms with van der Waals surface area (Å²) in [7, 11) is 0. The summed E-state index contributed by atoms with van der Waals surface area (Å²) in [5.41, 5.74) is 1.28. The molecule has 3 aliphatic rings. The van der Waals surface area contributed by atoms with Crippen LogP contribution in [0.1, 0.15) is 48.1 Å². The number of benzene rings is 2. The molecule has 0 bridgehead atoms. The van der Waals surface area contributed by atoms with Gasteiger partial charge in [-0.15, -0.1) is 0 Å². The third kappa shape index (κ3) is 2.58. The van der Waals surface area contributed by atoms with E-state index in [1.54, 1.807) is 0 Å². The molecular weight excluding hydrogens is 338 g/mol. The van der Waals surface area contributed by atoms with Crippen LogP contribution in [-0.4, -0.2) is 17.3 Å². The minimum atomic E-state index is -0.492. The Balaban J connectivity index is 1.33. The van der Waals surface area contributed by atoms with Crippen LogP contribution in [0.2, 0.25) is 0 Å². The van der Waals surface area contributed by atoms with E-state index >= 15 is 0 Å². The van der Waals surface area contributed by atoms with Gasteiger partial charge in [0.25, 0.3) is 0 Å². The molecule has 1 amide bonds. The van der Waals surface area contributed by atoms with Gasteiger partial charge in [-0.3, -0.25) is 9.59 Å². The number of nitrogens with one attached hydrogen (secondary N) is 1. The van der Waals surface area contributed by atoms with Crippen molar-refractivity contribution in [1.29, 1.82) is 0 Å². The molecule has 4 nitrogen and oxygen atoms in total. The Bertz CT molecular complexity index is 909. The summed E-state index contributed by atoms with van der Waals surface area (Å²) < 4.78 is 6.37. The highest BCUT2D eigenvalue weighted by Crippen LogP contribution is 2.65. The summed E-state index contributed by atoms with van der Waals surface area (Å²) in [6.45, 7) is 2.01. The molecule has 0 radical (unpaired) electrons. The molecule has 1 spiro atoms. The number of rotatable bonds is 3. The molecule has 2 aromatic carbocycles. The van der Waals surface area contributed by atoms with Crippen molar-refractivity contribution >= 4 is 11.7 Å². The second kappa shape index (κ2) is 5.95. The molecule has 5 atom stereocenters. The first-order valence-electron chi connectivity index (χ1n) is 9.76. The van der Waals surface area contributed by atoms with Crippen molar-refractivity contribution in [1.82, 2.24) is 5.32 Å². The van der Waals surface area contributed by atoms with E-state index < -0.39 is 5.60 Å². The van der Waals surface area contributed by atoms with Crippen LogP contribution in [-0.2, 0) is 4.79 Å². The van der Waals surface area contributed by atoms with E-state index in [0.717, 1.165) is 18.4 Å². The summed E-state index contributed by atoms with van der Waals surface area (Å²) in [5.74, 6) is 1.36. The van der Waals surface area contributed by atoms with Crippen LogP contribution in [0.25, 0.3) is 0 Å². The number of fused-ring (bicyclic) bond motifs is 3. The van der Waals surface area contributed by atoms with Gasteiger partial charge in [-0.25, -0.2) is 0 Å². The number of hydrogen-bond acceptors (Lipinski definition) is 3. The lowest BCUT2D eigenvalue weighted by molar-refractivity contribution is -0.124. The van der Waals surface area contributed by atoms with E-state index in [4.69, 9.17) is 4.74 Å². The summed E-state index contributed by atoms with van der Waals surface area (Å²) in [4.78, 5) is 25.6. The van der Waals surface area contributed by atoms with Crippen LogP contribution in [0.5, 0.6) is 5.75 Å². The Labute approximate surface area is 158 Å². The fourth-order valence-electron chi connectivity index (χ4n) is 5.25. The van der Waals surface area contributed by atoms with E-state index in [2.05, 4.69) is 5.32 Å². The molecule has 1 heterocycles. The normalized spacial score (nSPS) is 31.6. The molecule has 1 aliphatic heterocycles. The molecule has 138 valence electrons. The van der Waals surface area contributed by atoms with Crippen LogP contribution in [0.15, 0.2) is 54.6 Å². The number of para-hydroxylation sites is 1. The highest BCUT2D eigenvalue weighted by molar-refractivity contribution is 6.00. The Morgan fingerprint density at radius 3 is 2.70 bits per heavy atom. The highest BCUT2D eigenvalue weighted by atomic mass is 16.5. The van der Waals surface area contributed by atoms with Crippen molar-refractivity contribution < 1.29 is 14.3 Å². The average Bonchev–Trinajstić information content (AvgIpc) is 3.34. The summed E-state index contributed by atoms with van der Waals surface area (Å²) >= 11 is 0. The number of hydrogen-bond donors (Lipinski definition) is 1. The molecular formula is C23H23NO3. The lowest BCUT2D eigenvalue weighted by atomic mass is 9.84. The maximum atomic E-state index is 12.9. The van der Waals surface area contributed by atoms with E-state index in [0.29, 0.717) is 23.7 Å². The number of carbonyl (C=O) groups excluding carboxylic acids is 2. The van der Waals surface area contributed by atoms with Crippen LogP contribution >= 0.6 is 0 Å². The Morgan fingerprint density at radius 1 is 1.15 bits per heavy atom. The van der Waals surface area contributed by atoms with Gasteiger partial charge >= 0.3 is 0 Å². The number of ether oxygens (including phenoxy) is 1. The second-order valence-electron chi connectivity index (χ2n) is 8.16. The van der Waals surface area contributed by atoms with Gasteiger partial charge in [-0.2, -0.15) is 0 Å². The van der Waals surface area contributed by atoms with Crippen LogP contribution in [0, 0.1) is 17.8 Å². The smallest absolute Gasteiger partial charge is 0.224 e. The zero-order valence-electron chi connectivity index (χ0n) is 15.4. The summed E-state index contributed by atoms with van der Waals surface area (Å²) in [5, 5.41) is 3.16. The second-order valence-corrected chi connectivity index (χ2v) is 8.16. The van der Waals surface area contributed by atoms with Gasteiger partial charge in [-0.1, -0.05) is 42.5 Å². The minimum absolute atomic E-state index is 0.0226. The topological polar surface area (TPSA) is 55.4 Å². The summed E-state index contributed by atoms with van der Waals surface area (Å²) in [6, 6.07) is 17.4. The standard InChI is InChI=1S/C23H23NO3/c1-14(15-7-3-2-4-8-15)24-22(26)20-17-11-12-23(21(17)20)13-18(25)16-9-5-6-10-19(16)27-23/h2-10,14,17,20-21H,11-13H2,1H3,(H,24,26)/t14-,17-,20+,21-,23-/m0/s1. The molecule has 2 aliphatic carbocycles. The lowest BCUT2D eigenvalue weighted by Crippen LogP contribution is -2.44. The molecule has 2 fully saturated rings. The number of carbonyl (C=O) groups is 2. The number of Topliss-reactive ketones (excluding diaryl/α,β-unsaturated/α-hetero) is 1. The zero-order valence-corrected chi connectivity index (χ0v) is 15.4. The van der Waals surface area contributed by atoms with Crippen molar-refractivity contribution in [2.75, 3.05) is 0 Å². The van der Waals surface area contributed by atoms with Crippen molar-refractivity contribution in [3.05, 3.63) is 65.7 Å². The minimum Gasteiger partial charge on any atom is -0.486 e. The van der Waals surface area contributed by atoms with Gasteiger partial charge in [0.15, 0.2) is 5.78 Å². The predicted octanol–water partition coefficient (Wildman–Crippen LogP) is 3.92. The third-order valence-corrected chi connectivity index (χ3v) is 6.60. The third-order valence-electron chi connectivity index (χ3n) is 6.60. The van der Waals surface area contributed by atoms with E-state index in [9.17, 15) is 9.59 Å². The lowest BCUT2D eigenvalue weighted by Gasteiger charge is -2.37.